The summed E-state index contributed by atoms with van der Waals surface area (Å²) in [5, 5.41) is 23.7. The van der Waals surface area contributed by atoms with Crippen LogP contribution in [-0.2, 0) is 14.3 Å². The van der Waals surface area contributed by atoms with E-state index in [0.717, 1.165) is 51.4 Å². The van der Waals surface area contributed by atoms with Crippen LogP contribution in [0.4, 0.5) is 0 Å². The molecule has 0 bridgehead atoms. The zero-order chi connectivity index (χ0) is 41.7. The Balaban J connectivity index is 4.45. The van der Waals surface area contributed by atoms with Gasteiger partial charge in [0.05, 0.1) is 25.2 Å². The van der Waals surface area contributed by atoms with E-state index in [9.17, 15) is 19.8 Å². The van der Waals surface area contributed by atoms with Crippen molar-refractivity contribution >= 4 is 11.9 Å². The van der Waals surface area contributed by atoms with Crippen molar-refractivity contribution in [3.63, 3.8) is 0 Å². The SMILES string of the molecule is CCCCCCCC/C=C\CCCC(CC(=O)NC(CO)C(O)CCCCCCCCCCCCCCCCCCC)OC(=O)CCCCCCCCCCCC. The molecule has 0 aromatic heterocycles. The summed E-state index contributed by atoms with van der Waals surface area (Å²) in [6.45, 7) is 6.47. The van der Waals surface area contributed by atoms with Gasteiger partial charge in [-0.3, -0.25) is 9.59 Å². The fraction of sp³-hybridized carbons (Fsp3) is 0.922. The van der Waals surface area contributed by atoms with Crippen LogP contribution >= 0.6 is 0 Å². The second kappa shape index (κ2) is 45.7. The Labute approximate surface area is 355 Å². The van der Waals surface area contributed by atoms with Crippen molar-refractivity contribution in [2.45, 2.75) is 296 Å². The van der Waals surface area contributed by atoms with Gasteiger partial charge < -0.3 is 20.3 Å². The highest BCUT2D eigenvalue weighted by Crippen LogP contribution is 2.18. The molecule has 0 aromatic carbocycles. The Hall–Kier alpha value is -1.40. The van der Waals surface area contributed by atoms with E-state index in [2.05, 4.69) is 38.2 Å². The smallest absolute Gasteiger partial charge is 0.306 e. The molecule has 0 aliphatic carbocycles. The summed E-state index contributed by atoms with van der Waals surface area (Å²) in [5.41, 5.74) is 0. The highest BCUT2D eigenvalue weighted by Gasteiger charge is 2.24. The third kappa shape index (κ3) is 41.1. The molecule has 338 valence electrons. The molecule has 3 atom stereocenters. The molecule has 0 saturated carbocycles. The van der Waals surface area contributed by atoms with E-state index >= 15 is 0 Å². The summed E-state index contributed by atoms with van der Waals surface area (Å²) in [4.78, 5) is 26.0. The molecule has 1 amide bonds. The van der Waals surface area contributed by atoms with Gasteiger partial charge in [0.15, 0.2) is 0 Å². The van der Waals surface area contributed by atoms with E-state index in [-0.39, 0.29) is 24.9 Å². The Bertz CT molecular complexity index is 863. The van der Waals surface area contributed by atoms with Gasteiger partial charge in [-0.2, -0.15) is 0 Å². The maximum Gasteiger partial charge on any atom is 0.306 e. The van der Waals surface area contributed by atoms with Crippen LogP contribution in [0.5, 0.6) is 0 Å². The van der Waals surface area contributed by atoms with Crippen molar-refractivity contribution in [2.75, 3.05) is 6.61 Å². The number of ether oxygens (including phenoxy) is 1. The number of unbranched alkanes of at least 4 members (excludes halogenated alkanes) is 32. The minimum atomic E-state index is -0.788. The number of hydrogen-bond donors (Lipinski definition) is 3. The number of rotatable bonds is 46. The lowest BCUT2D eigenvalue weighted by Crippen LogP contribution is -2.46. The number of carbonyl (C=O) groups excluding carboxylic acids is 2. The average molecular weight is 806 g/mol. The number of nitrogens with one attached hydrogen (secondary N) is 1. The number of allylic oxidation sites excluding steroid dienone is 2. The van der Waals surface area contributed by atoms with Crippen LogP contribution in [-0.4, -0.2) is 46.9 Å². The van der Waals surface area contributed by atoms with Gasteiger partial charge in [-0.25, -0.2) is 0 Å². The number of esters is 1. The first-order valence-electron chi connectivity index (χ1n) is 25.4. The second-order valence-electron chi connectivity index (χ2n) is 17.6. The molecule has 0 aliphatic rings. The van der Waals surface area contributed by atoms with E-state index in [1.807, 2.05) is 0 Å². The third-order valence-corrected chi connectivity index (χ3v) is 11.8. The first-order chi connectivity index (χ1) is 28.0. The number of aliphatic hydroxyl groups excluding tert-OH is 2. The fourth-order valence-corrected chi connectivity index (χ4v) is 7.96. The van der Waals surface area contributed by atoms with E-state index in [0.29, 0.717) is 19.3 Å². The van der Waals surface area contributed by atoms with Gasteiger partial charge >= 0.3 is 5.97 Å². The highest BCUT2D eigenvalue weighted by atomic mass is 16.5. The van der Waals surface area contributed by atoms with Gasteiger partial charge in [-0.15, -0.1) is 0 Å². The van der Waals surface area contributed by atoms with Gasteiger partial charge in [0, 0.05) is 6.42 Å². The fourth-order valence-electron chi connectivity index (χ4n) is 7.96. The van der Waals surface area contributed by atoms with E-state index in [1.54, 1.807) is 0 Å². The van der Waals surface area contributed by atoms with Crippen LogP contribution in [0, 0.1) is 0 Å². The van der Waals surface area contributed by atoms with Crippen LogP contribution in [0.2, 0.25) is 0 Å². The Morgan fingerprint density at radius 3 is 1.28 bits per heavy atom. The lowest BCUT2D eigenvalue weighted by Gasteiger charge is -2.24. The molecule has 0 radical (unpaired) electrons. The number of amides is 1. The molecule has 3 N–H and O–H groups in total. The topological polar surface area (TPSA) is 95.9 Å². The van der Waals surface area contributed by atoms with Gasteiger partial charge in [-0.05, 0) is 44.9 Å². The van der Waals surface area contributed by atoms with Crippen LogP contribution in [0.3, 0.4) is 0 Å². The molecule has 0 saturated heterocycles. The Kier molecular flexibility index (Phi) is 44.6. The Morgan fingerprint density at radius 2 is 0.860 bits per heavy atom. The zero-order valence-electron chi connectivity index (χ0n) is 38.5. The lowest BCUT2D eigenvalue weighted by molar-refractivity contribution is -0.151. The normalized spacial score (nSPS) is 13.3. The summed E-state index contributed by atoms with van der Waals surface area (Å²) in [7, 11) is 0. The second-order valence-corrected chi connectivity index (χ2v) is 17.6. The molecule has 6 nitrogen and oxygen atoms in total. The molecular formula is C51H99NO5. The summed E-state index contributed by atoms with van der Waals surface area (Å²) in [5.74, 6) is -0.491. The maximum absolute atomic E-state index is 13.1. The summed E-state index contributed by atoms with van der Waals surface area (Å²) < 4.78 is 5.89. The quantitative estimate of drug-likeness (QED) is 0.0323. The van der Waals surface area contributed by atoms with Crippen molar-refractivity contribution in [1.82, 2.24) is 5.32 Å². The van der Waals surface area contributed by atoms with Crippen molar-refractivity contribution in [3.8, 4) is 0 Å². The maximum atomic E-state index is 13.1. The molecule has 0 spiro atoms. The third-order valence-electron chi connectivity index (χ3n) is 11.8. The van der Waals surface area contributed by atoms with Gasteiger partial charge in [0.25, 0.3) is 0 Å². The average Bonchev–Trinajstić information content (AvgIpc) is 3.20. The van der Waals surface area contributed by atoms with Crippen molar-refractivity contribution < 1.29 is 24.5 Å². The molecule has 0 aliphatic heterocycles. The predicted octanol–water partition coefficient (Wildman–Crippen LogP) is 15.0. The lowest BCUT2D eigenvalue weighted by atomic mass is 10.0. The molecule has 0 fully saturated rings. The first kappa shape index (κ1) is 55.6. The van der Waals surface area contributed by atoms with Gasteiger partial charge in [0.1, 0.15) is 6.10 Å². The van der Waals surface area contributed by atoms with E-state index in [1.165, 1.54) is 180 Å². The minimum Gasteiger partial charge on any atom is -0.462 e. The largest absolute Gasteiger partial charge is 0.462 e. The van der Waals surface area contributed by atoms with Crippen LogP contribution in [0.15, 0.2) is 12.2 Å². The van der Waals surface area contributed by atoms with Crippen LogP contribution < -0.4 is 5.32 Å². The Morgan fingerprint density at radius 1 is 0.491 bits per heavy atom. The number of aliphatic hydroxyl groups is 2. The van der Waals surface area contributed by atoms with Crippen LogP contribution in [0.1, 0.15) is 278 Å². The number of hydrogen-bond acceptors (Lipinski definition) is 5. The number of carbonyl (C=O) groups is 2. The molecular weight excluding hydrogens is 707 g/mol. The van der Waals surface area contributed by atoms with Crippen LogP contribution in [0.25, 0.3) is 0 Å². The van der Waals surface area contributed by atoms with Gasteiger partial charge in [0.2, 0.25) is 5.91 Å². The van der Waals surface area contributed by atoms with E-state index < -0.39 is 18.2 Å². The monoisotopic (exact) mass is 806 g/mol. The van der Waals surface area contributed by atoms with E-state index in [4.69, 9.17) is 4.74 Å². The first-order valence-corrected chi connectivity index (χ1v) is 25.4. The molecule has 57 heavy (non-hydrogen) atoms. The summed E-state index contributed by atoms with van der Waals surface area (Å²) in [6.07, 6.45) is 49.9. The molecule has 6 heteroatoms. The predicted molar refractivity (Wildman–Crippen MR) is 246 cm³/mol. The minimum absolute atomic E-state index is 0.0631. The van der Waals surface area contributed by atoms with Crippen molar-refractivity contribution in [1.29, 1.82) is 0 Å². The summed E-state index contributed by atoms with van der Waals surface area (Å²) >= 11 is 0. The van der Waals surface area contributed by atoms with Crippen molar-refractivity contribution in [3.05, 3.63) is 12.2 Å². The zero-order valence-corrected chi connectivity index (χ0v) is 38.5. The highest BCUT2D eigenvalue weighted by molar-refractivity contribution is 5.77. The summed E-state index contributed by atoms with van der Waals surface area (Å²) in [6, 6.07) is -0.702. The molecule has 3 unspecified atom stereocenters. The molecule has 0 rings (SSSR count). The van der Waals surface area contributed by atoms with Crippen molar-refractivity contribution in [2.24, 2.45) is 0 Å². The molecule has 0 aromatic rings. The standard InChI is InChI=1S/C51H99NO5/c1-4-7-10-13-16-19-22-23-24-25-26-27-29-31-34-37-40-43-49(54)48(46-53)52-50(55)45-47(42-39-36-33-30-28-20-17-14-11-8-5-2)57-51(56)44-41-38-35-32-21-18-15-12-9-6-3/h30,33,47-49,53-54H,4-29,31-32,34-46H2,1-3H3,(H,52,55)/b33-30-. The molecule has 0 heterocycles. The van der Waals surface area contributed by atoms with Gasteiger partial charge in [-0.1, -0.05) is 232 Å².